The van der Waals surface area contributed by atoms with Crippen molar-refractivity contribution in [3.05, 3.63) is 181 Å². The van der Waals surface area contributed by atoms with E-state index in [1.165, 1.54) is 53.6 Å². The molecule has 52 heavy (non-hydrogen) atoms. The molecule has 0 atom stereocenters. The molecular weight excluding hydrogens is 649 g/mol. The fraction of sp³-hybridized carbons (Fsp3) is 0.0612. The molecule has 0 fully saturated rings. The highest BCUT2D eigenvalue weighted by Crippen LogP contribution is 2.52. The van der Waals surface area contributed by atoms with Crippen LogP contribution < -0.4 is 0 Å². The summed E-state index contributed by atoms with van der Waals surface area (Å²) in [4.78, 5) is 10.6. The van der Waals surface area contributed by atoms with Gasteiger partial charge in [0.05, 0.1) is 11.4 Å². The molecule has 2 heterocycles. The van der Waals surface area contributed by atoms with E-state index >= 15 is 0 Å². The Bertz CT molecular complexity index is 2810. The van der Waals surface area contributed by atoms with E-state index in [1.807, 2.05) is 17.4 Å². The summed E-state index contributed by atoms with van der Waals surface area (Å²) >= 11 is 1.85. The highest BCUT2D eigenvalue weighted by Gasteiger charge is 2.36. The second-order valence-corrected chi connectivity index (χ2v) is 15.3. The normalized spacial score (nSPS) is 13.0. The monoisotopic (exact) mass is 682 g/mol. The molecule has 2 nitrogen and oxygen atoms in total. The van der Waals surface area contributed by atoms with Gasteiger partial charge >= 0.3 is 0 Å². The van der Waals surface area contributed by atoms with Crippen LogP contribution in [0.5, 0.6) is 0 Å². The molecular formula is C49H34N2S. The van der Waals surface area contributed by atoms with E-state index in [1.54, 1.807) is 0 Å². The highest BCUT2D eigenvalue weighted by atomic mass is 32.1. The SMILES string of the molecule is CC1(C)c2ccccc2-c2c(-c3cc(-c4cc(-c5ccccc5)cc(-c5ccc6sc7ccccc7c6c5)c4)nc(-c4ccccc4)n3)cccc21. The first-order chi connectivity index (χ1) is 25.5. The van der Waals surface area contributed by atoms with Gasteiger partial charge in [-0.05, 0) is 87.0 Å². The lowest BCUT2D eigenvalue weighted by molar-refractivity contribution is 0.660. The number of nitrogens with zero attached hydrogens (tertiary/aromatic N) is 2. The van der Waals surface area contributed by atoms with Gasteiger partial charge in [-0.1, -0.05) is 141 Å². The Morgan fingerprint density at radius 2 is 1.02 bits per heavy atom. The average Bonchev–Trinajstić information content (AvgIpc) is 3.70. The zero-order chi connectivity index (χ0) is 34.8. The van der Waals surface area contributed by atoms with Crippen LogP contribution >= 0.6 is 11.3 Å². The summed E-state index contributed by atoms with van der Waals surface area (Å²) < 4.78 is 2.62. The van der Waals surface area contributed by atoms with Crippen LogP contribution in [0.1, 0.15) is 25.0 Å². The third-order valence-electron chi connectivity index (χ3n) is 10.7. The molecule has 7 aromatic carbocycles. The molecule has 0 amide bonds. The molecule has 0 unspecified atom stereocenters. The van der Waals surface area contributed by atoms with Crippen LogP contribution in [-0.4, -0.2) is 9.97 Å². The van der Waals surface area contributed by atoms with Crippen molar-refractivity contribution < 1.29 is 0 Å². The summed E-state index contributed by atoms with van der Waals surface area (Å²) in [6, 6.07) is 61.2. The lowest BCUT2D eigenvalue weighted by Gasteiger charge is -2.21. The third-order valence-corrected chi connectivity index (χ3v) is 11.8. The lowest BCUT2D eigenvalue weighted by atomic mass is 9.82. The Morgan fingerprint density at radius 3 is 1.85 bits per heavy atom. The predicted octanol–water partition coefficient (Wildman–Crippen LogP) is 13.5. The maximum absolute atomic E-state index is 5.31. The summed E-state index contributed by atoms with van der Waals surface area (Å²) in [6.45, 7) is 4.66. The molecule has 2 aromatic heterocycles. The minimum absolute atomic E-state index is 0.103. The Kier molecular flexibility index (Phi) is 7.06. The third kappa shape index (κ3) is 5.00. The van der Waals surface area contributed by atoms with Gasteiger partial charge in [0, 0.05) is 42.3 Å². The molecule has 1 aliphatic rings. The number of aromatic nitrogens is 2. The molecule has 0 N–H and O–H groups in total. The largest absolute Gasteiger partial charge is 0.228 e. The van der Waals surface area contributed by atoms with Gasteiger partial charge in [-0.25, -0.2) is 9.97 Å². The fourth-order valence-corrected chi connectivity index (χ4v) is 9.15. The average molecular weight is 683 g/mol. The first kappa shape index (κ1) is 30.6. The van der Waals surface area contributed by atoms with Crippen molar-refractivity contribution in [2.75, 3.05) is 0 Å². The van der Waals surface area contributed by atoms with Gasteiger partial charge in [0.2, 0.25) is 0 Å². The summed E-state index contributed by atoms with van der Waals surface area (Å²) in [5.74, 6) is 0.717. The number of rotatable bonds is 5. The van der Waals surface area contributed by atoms with Crippen molar-refractivity contribution in [3.63, 3.8) is 0 Å². The topological polar surface area (TPSA) is 25.8 Å². The van der Waals surface area contributed by atoms with Gasteiger partial charge in [-0.3, -0.25) is 0 Å². The van der Waals surface area contributed by atoms with Crippen molar-refractivity contribution in [3.8, 4) is 67.3 Å². The van der Waals surface area contributed by atoms with Crippen molar-refractivity contribution in [1.29, 1.82) is 0 Å². The molecule has 0 spiro atoms. The smallest absolute Gasteiger partial charge is 0.160 e. The quantitative estimate of drug-likeness (QED) is 0.181. The predicted molar refractivity (Wildman–Crippen MR) is 220 cm³/mol. The zero-order valence-electron chi connectivity index (χ0n) is 29.0. The minimum atomic E-state index is -0.103. The zero-order valence-corrected chi connectivity index (χ0v) is 29.8. The van der Waals surface area contributed by atoms with Crippen LogP contribution in [0.3, 0.4) is 0 Å². The van der Waals surface area contributed by atoms with E-state index in [9.17, 15) is 0 Å². The second kappa shape index (κ2) is 12.0. The van der Waals surface area contributed by atoms with Crippen LogP contribution in [0.15, 0.2) is 170 Å². The maximum Gasteiger partial charge on any atom is 0.160 e. The fourth-order valence-electron chi connectivity index (χ4n) is 8.06. The second-order valence-electron chi connectivity index (χ2n) is 14.2. The van der Waals surface area contributed by atoms with E-state index in [0.717, 1.165) is 39.2 Å². The van der Waals surface area contributed by atoms with Gasteiger partial charge in [0.25, 0.3) is 0 Å². The van der Waals surface area contributed by atoms with Crippen molar-refractivity contribution in [2.24, 2.45) is 0 Å². The number of fused-ring (bicyclic) bond motifs is 6. The van der Waals surface area contributed by atoms with E-state index in [-0.39, 0.29) is 5.41 Å². The molecule has 0 saturated carbocycles. The van der Waals surface area contributed by atoms with Gasteiger partial charge in [-0.2, -0.15) is 0 Å². The first-order valence-electron chi connectivity index (χ1n) is 17.8. The standard InChI is InChI=1S/C49H34N2S/c1-49(2)41-21-11-9-19-38(41)47-39(20-13-22-42(47)49)44-30-43(50-48(51-44)32-16-7-4-8-17-32)36-27-34(31-14-5-3-6-15-31)26-35(28-36)33-24-25-46-40(29-33)37-18-10-12-23-45(37)52-46/h3-30H,1-2H3. The molecule has 0 aliphatic heterocycles. The Labute approximate surface area is 307 Å². The Hall–Kier alpha value is -6.16. The summed E-state index contributed by atoms with van der Waals surface area (Å²) in [5.41, 5.74) is 14.8. The molecule has 0 saturated heterocycles. The van der Waals surface area contributed by atoms with Crippen molar-refractivity contribution >= 4 is 31.5 Å². The van der Waals surface area contributed by atoms with Crippen molar-refractivity contribution in [2.45, 2.75) is 19.3 Å². The molecule has 9 aromatic rings. The molecule has 3 heteroatoms. The van der Waals surface area contributed by atoms with Gasteiger partial charge in [0.15, 0.2) is 5.82 Å². The number of benzene rings is 7. The summed E-state index contributed by atoms with van der Waals surface area (Å²) in [5, 5.41) is 2.60. The van der Waals surface area contributed by atoms with Crippen LogP contribution in [0.2, 0.25) is 0 Å². The van der Waals surface area contributed by atoms with E-state index in [2.05, 4.69) is 178 Å². The van der Waals surface area contributed by atoms with Crippen LogP contribution in [-0.2, 0) is 5.41 Å². The van der Waals surface area contributed by atoms with Gasteiger partial charge in [-0.15, -0.1) is 11.3 Å². The Balaban J connectivity index is 1.21. The number of thiophene rings is 1. The first-order valence-corrected chi connectivity index (χ1v) is 18.6. The maximum atomic E-state index is 5.31. The number of hydrogen-bond donors (Lipinski definition) is 0. The molecule has 0 radical (unpaired) electrons. The van der Waals surface area contributed by atoms with Crippen LogP contribution in [0.4, 0.5) is 0 Å². The highest BCUT2D eigenvalue weighted by molar-refractivity contribution is 7.25. The lowest BCUT2D eigenvalue weighted by Crippen LogP contribution is -2.14. The van der Waals surface area contributed by atoms with E-state index in [4.69, 9.17) is 9.97 Å². The summed E-state index contributed by atoms with van der Waals surface area (Å²) in [6.07, 6.45) is 0. The molecule has 1 aliphatic carbocycles. The molecule has 246 valence electrons. The molecule has 10 rings (SSSR count). The van der Waals surface area contributed by atoms with Crippen LogP contribution in [0.25, 0.3) is 87.5 Å². The molecule has 0 bridgehead atoms. The minimum Gasteiger partial charge on any atom is -0.228 e. The summed E-state index contributed by atoms with van der Waals surface area (Å²) in [7, 11) is 0. The van der Waals surface area contributed by atoms with E-state index in [0.29, 0.717) is 5.82 Å². The van der Waals surface area contributed by atoms with Crippen LogP contribution in [0, 0.1) is 0 Å². The Morgan fingerprint density at radius 1 is 0.404 bits per heavy atom. The van der Waals surface area contributed by atoms with Gasteiger partial charge < -0.3 is 0 Å². The van der Waals surface area contributed by atoms with Gasteiger partial charge in [0.1, 0.15) is 0 Å². The van der Waals surface area contributed by atoms with Crippen molar-refractivity contribution in [1.82, 2.24) is 9.97 Å². The van der Waals surface area contributed by atoms with E-state index < -0.39 is 0 Å². The number of hydrogen-bond acceptors (Lipinski definition) is 3.